The summed E-state index contributed by atoms with van der Waals surface area (Å²) in [4.78, 5) is 27.9. The fourth-order valence-electron chi connectivity index (χ4n) is 4.02. The van der Waals surface area contributed by atoms with Crippen LogP contribution in [0.1, 0.15) is 44.9 Å². The van der Waals surface area contributed by atoms with E-state index in [0.29, 0.717) is 42.5 Å². The van der Waals surface area contributed by atoms with Gasteiger partial charge in [-0.15, -0.1) is 23.2 Å². The van der Waals surface area contributed by atoms with Gasteiger partial charge in [-0.1, -0.05) is 0 Å². The Morgan fingerprint density at radius 3 is 2.40 bits per heavy atom. The third-order valence-corrected chi connectivity index (χ3v) is 5.88. The first kappa shape index (κ1) is 23.0. The maximum absolute atomic E-state index is 12.9. The number of fused-ring (bicyclic) bond motifs is 3. The Morgan fingerprint density at radius 2 is 1.80 bits per heavy atom. The van der Waals surface area contributed by atoms with Crippen LogP contribution in [0.25, 0.3) is 0 Å². The average molecular weight is 458 g/mol. The molecule has 30 heavy (non-hydrogen) atoms. The van der Waals surface area contributed by atoms with Crippen molar-refractivity contribution in [1.82, 2.24) is 4.90 Å². The number of nitrogens with zero attached hydrogens (tertiary/aromatic N) is 1. The molecule has 0 amide bonds. The van der Waals surface area contributed by atoms with Crippen molar-refractivity contribution in [3.63, 3.8) is 0 Å². The predicted molar refractivity (Wildman–Crippen MR) is 113 cm³/mol. The van der Waals surface area contributed by atoms with E-state index in [1.165, 1.54) is 20.1 Å². The monoisotopic (exact) mass is 457 g/mol. The molecule has 1 aromatic rings. The van der Waals surface area contributed by atoms with Crippen molar-refractivity contribution in [2.45, 2.75) is 25.6 Å². The van der Waals surface area contributed by atoms with E-state index in [1.807, 2.05) is 4.90 Å². The first-order chi connectivity index (χ1) is 14.3. The second-order valence-corrected chi connectivity index (χ2v) is 8.05. The van der Waals surface area contributed by atoms with Crippen molar-refractivity contribution in [2.24, 2.45) is 0 Å². The molecule has 164 valence electrons. The minimum absolute atomic E-state index is 0.00658. The lowest BCUT2D eigenvalue weighted by atomic mass is 9.84. The molecule has 0 aromatic heterocycles. The summed E-state index contributed by atoms with van der Waals surface area (Å²) < 4.78 is 11.1. The van der Waals surface area contributed by atoms with Gasteiger partial charge in [0, 0.05) is 60.1 Å². The maximum Gasteiger partial charge on any atom is 0.228 e. The summed E-state index contributed by atoms with van der Waals surface area (Å²) in [5.74, 6) is 0.421. The molecule has 0 bridgehead atoms. The van der Waals surface area contributed by atoms with Crippen molar-refractivity contribution in [3.8, 4) is 5.75 Å². The van der Waals surface area contributed by atoms with Crippen LogP contribution in [0.3, 0.4) is 0 Å². The number of Topliss-reactive ketones (excluding diaryl/α,β-unsaturated/α-hetero) is 2. The highest BCUT2D eigenvalue weighted by atomic mass is 35.5. The number of aliphatic hydroxyl groups is 2. The number of aliphatic hydroxyl groups excluding tert-OH is 2. The zero-order valence-electron chi connectivity index (χ0n) is 16.9. The number of alkyl halides is 2. The van der Waals surface area contributed by atoms with E-state index >= 15 is 0 Å². The SMILES string of the molecule is COC1=C(C)C(=O)c2c(cc(OCCN(CCCl)CCCl)c3c2CC(O)C3O)C1=O. The van der Waals surface area contributed by atoms with Crippen LogP contribution in [0.15, 0.2) is 17.4 Å². The van der Waals surface area contributed by atoms with Crippen LogP contribution in [-0.2, 0) is 11.2 Å². The number of rotatable bonds is 9. The number of allylic oxidation sites excluding steroid dienone is 2. The number of ether oxygens (including phenoxy) is 2. The summed E-state index contributed by atoms with van der Waals surface area (Å²) in [5, 5.41) is 20.8. The zero-order valence-corrected chi connectivity index (χ0v) is 18.4. The van der Waals surface area contributed by atoms with Gasteiger partial charge in [0.2, 0.25) is 5.78 Å². The van der Waals surface area contributed by atoms with E-state index in [0.717, 1.165) is 0 Å². The lowest BCUT2D eigenvalue weighted by molar-refractivity contribution is 0.0310. The molecule has 0 heterocycles. The van der Waals surface area contributed by atoms with Gasteiger partial charge in [-0.25, -0.2) is 0 Å². The van der Waals surface area contributed by atoms with Gasteiger partial charge < -0.3 is 19.7 Å². The number of ketones is 2. The average Bonchev–Trinajstić information content (AvgIpc) is 3.01. The Morgan fingerprint density at radius 1 is 1.13 bits per heavy atom. The summed E-state index contributed by atoms with van der Waals surface area (Å²) in [6, 6.07) is 1.47. The Bertz CT molecular complexity index is 879. The van der Waals surface area contributed by atoms with E-state index in [1.54, 1.807) is 0 Å². The highest BCUT2D eigenvalue weighted by Crippen LogP contribution is 2.44. The topological polar surface area (TPSA) is 96.3 Å². The molecular formula is C21H25Cl2NO6. The molecule has 0 fully saturated rings. The molecule has 9 heteroatoms. The first-order valence-electron chi connectivity index (χ1n) is 9.72. The molecule has 2 N–H and O–H groups in total. The molecule has 2 unspecified atom stereocenters. The molecule has 0 saturated heterocycles. The molecule has 1 aromatic carbocycles. The fraction of sp³-hybridized carbons (Fsp3) is 0.524. The van der Waals surface area contributed by atoms with Crippen molar-refractivity contribution >= 4 is 34.8 Å². The van der Waals surface area contributed by atoms with E-state index in [4.69, 9.17) is 32.7 Å². The van der Waals surface area contributed by atoms with Crippen LogP contribution in [0.5, 0.6) is 5.75 Å². The summed E-state index contributed by atoms with van der Waals surface area (Å²) in [6.07, 6.45) is -2.21. The molecule has 0 spiro atoms. The standard InChI is InChI=1S/C21H25Cl2NO6/c1-11-18(26)16-12-9-14(25)20(28)17(12)15(10-13(16)19(27)21(11)29-2)30-8-7-24(5-3-22)6-4-23/h10,14,20,25,28H,3-9H2,1-2H3. The van der Waals surface area contributed by atoms with Crippen LogP contribution < -0.4 is 4.74 Å². The second-order valence-electron chi connectivity index (χ2n) is 7.29. The minimum Gasteiger partial charge on any atom is -0.492 e. The quantitative estimate of drug-likeness (QED) is 0.547. The third-order valence-electron chi connectivity index (χ3n) is 5.54. The molecule has 3 rings (SSSR count). The Kier molecular flexibility index (Phi) is 7.42. The van der Waals surface area contributed by atoms with Crippen LogP contribution in [0.2, 0.25) is 0 Å². The molecule has 2 atom stereocenters. The van der Waals surface area contributed by atoms with Crippen molar-refractivity contribution in [3.05, 3.63) is 39.7 Å². The molecule has 2 aliphatic carbocycles. The van der Waals surface area contributed by atoms with E-state index < -0.39 is 18.0 Å². The van der Waals surface area contributed by atoms with Gasteiger partial charge in [0.05, 0.1) is 13.2 Å². The Labute approximate surface area is 185 Å². The highest BCUT2D eigenvalue weighted by molar-refractivity contribution is 6.27. The number of halogens is 2. The molecule has 0 aliphatic heterocycles. The lowest BCUT2D eigenvalue weighted by Crippen LogP contribution is -2.32. The Balaban J connectivity index is 1.97. The molecular weight excluding hydrogens is 433 g/mol. The second kappa shape index (κ2) is 9.66. The fourth-order valence-corrected chi connectivity index (χ4v) is 4.50. The number of benzene rings is 1. The first-order valence-corrected chi connectivity index (χ1v) is 10.8. The summed E-state index contributed by atoms with van der Waals surface area (Å²) in [6.45, 7) is 3.63. The van der Waals surface area contributed by atoms with Crippen molar-refractivity contribution < 1.29 is 29.3 Å². The summed E-state index contributed by atoms with van der Waals surface area (Å²) in [7, 11) is 1.34. The van der Waals surface area contributed by atoms with Gasteiger partial charge in [0.1, 0.15) is 18.5 Å². The van der Waals surface area contributed by atoms with E-state index in [2.05, 4.69) is 0 Å². The number of hydrogen-bond acceptors (Lipinski definition) is 7. The van der Waals surface area contributed by atoms with Gasteiger partial charge >= 0.3 is 0 Å². The molecule has 2 aliphatic rings. The van der Waals surface area contributed by atoms with Crippen LogP contribution in [-0.4, -0.2) is 77.9 Å². The van der Waals surface area contributed by atoms with Gasteiger partial charge in [-0.2, -0.15) is 0 Å². The highest BCUT2D eigenvalue weighted by Gasteiger charge is 2.41. The molecule has 7 nitrogen and oxygen atoms in total. The largest absolute Gasteiger partial charge is 0.492 e. The zero-order chi connectivity index (χ0) is 22.0. The predicted octanol–water partition coefficient (Wildman–Crippen LogP) is 2.09. The number of carbonyl (C=O) groups excluding carboxylic acids is 2. The van der Waals surface area contributed by atoms with E-state index in [-0.39, 0.29) is 47.0 Å². The van der Waals surface area contributed by atoms with E-state index in [9.17, 15) is 19.8 Å². The Hall–Kier alpha value is -1.64. The molecule has 0 radical (unpaired) electrons. The van der Waals surface area contributed by atoms with Crippen LogP contribution in [0.4, 0.5) is 0 Å². The summed E-state index contributed by atoms with van der Waals surface area (Å²) in [5.41, 5.74) is 1.39. The number of carbonyl (C=O) groups is 2. The van der Waals surface area contributed by atoms with Crippen LogP contribution >= 0.6 is 23.2 Å². The number of hydrogen-bond donors (Lipinski definition) is 2. The maximum atomic E-state index is 12.9. The van der Waals surface area contributed by atoms with Crippen LogP contribution in [0, 0.1) is 0 Å². The third kappa shape index (κ3) is 4.09. The lowest BCUT2D eigenvalue weighted by Gasteiger charge is -2.24. The minimum atomic E-state index is -1.20. The summed E-state index contributed by atoms with van der Waals surface area (Å²) >= 11 is 11.6. The number of methoxy groups -OCH3 is 1. The van der Waals surface area contributed by atoms with Gasteiger partial charge in [-0.05, 0) is 18.6 Å². The van der Waals surface area contributed by atoms with Gasteiger partial charge in [-0.3, -0.25) is 14.5 Å². The smallest absolute Gasteiger partial charge is 0.228 e. The van der Waals surface area contributed by atoms with Gasteiger partial charge in [0.25, 0.3) is 0 Å². The molecule has 0 saturated carbocycles. The van der Waals surface area contributed by atoms with Gasteiger partial charge in [0.15, 0.2) is 11.5 Å². The van der Waals surface area contributed by atoms with Crippen molar-refractivity contribution in [2.75, 3.05) is 45.1 Å². The van der Waals surface area contributed by atoms with Crippen molar-refractivity contribution in [1.29, 1.82) is 0 Å². The normalized spacial score (nSPS) is 20.6.